The first-order valence-electron chi connectivity index (χ1n) is 7.96. The molecule has 0 fully saturated rings. The van der Waals surface area contributed by atoms with Crippen LogP contribution in [-0.2, 0) is 6.54 Å². The van der Waals surface area contributed by atoms with Crippen LogP contribution in [0.4, 0.5) is 5.69 Å². The highest BCUT2D eigenvalue weighted by Gasteiger charge is 2.12. The minimum absolute atomic E-state index is 0.461. The van der Waals surface area contributed by atoms with Gasteiger partial charge in [0.05, 0.1) is 20.8 Å². The van der Waals surface area contributed by atoms with Crippen molar-refractivity contribution < 1.29 is 14.0 Å². The van der Waals surface area contributed by atoms with Crippen molar-refractivity contribution in [3.8, 4) is 22.9 Å². The SMILES string of the molecule is COc1ccc(-c2noc(CNc3cc(C)cc(C)c3)n2)cc1OC. The molecule has 1 N–H and O–H groups in total. The summed E-state index contributed by atoms with van der Waals surface area (Å²) in [5.74, 6) is 2.31. The summed E-state index contributed by atoms with van der Waals surface area (Å²) in [6.45, 7) is 4.60. The van der Waals surface area contributed by atoms with Gasteiger partial charge in [0, 0.05) is 11.3 Å². The molecule has 0 aliphatic rings. The van der Waals surface area contributed by atoms with Gasteiger partial charge in [-0.1, -0.05) is 11.2 Å². The molecule has 0 bridgehead atoms. The van der Waals surface area contributed by atoms with E-state index in [4.69, 9.17) is 14.0 Å². The van der Waals surface area contributed by atoms with Gasteiger partial charge in [0.25, 0.3) is 0 Å². The van der Waals surface area contributed by atoms with Crippen molar-refractivity contribution in [3.05, 3.63) is 53.4 Å². The van der Waals surface area contributed by atoms with Crippen molar-refractivity contribution >= 4 is 5.69 Å². The average molecular weight is 339 g/mol. The second-order valence-corrected chi connectivity index (χ2v) is 5.81. The van der Waals surface area contributed by atoms with E-state index in [1.165, 1.54) is 11.1 Å². The van der Waals surface area contributed by atoms with Crippen LogP contribution in [0.25, 0.3) is 11.4 Å². The Bertz CT molecular complexity index is 854. The first-order chi connectivity index (χ1) is 12.1. The number of hydrogen-bond donors (Lipinski definition) is 1. The normalized spacial score (nSPS) is 10.6. The topological polar surface area (TPSA) is 69.4 Å². The smallest absolute Gasteiger partial charge is 0.246 e. The fourth-order valence-electron chi connectivity index (χ4n) is 2.67. The number of anilines is 1. The Kier molecular flexibility index (Phi) is 4.88. The van der Waals surface area contributed by atoms with Gasteiger partial charge in [-0.15, -0.1) is 0 Å². The second-order valence-electron chi connectivity index (χ2n) is 5.81. The van der Waals surface area contributed by atoms with Gasteiger partial charge in [-0.2, -0.15) is 4.98 Å². The van der Waals surface area contributed by atoms with Crippen LogP contribution in [0.1, 0.15) is 17.0 Å². The number of nitrogens with one attached hydrogen (secondary N) is 1. The predicted molar refractivity (Wildman–Crippen MR) is 96.1 cm³/mol. The molecule has 0 spiro atoms. The van der Waals surface area contributed by atoms with E-state index in [0.29, 0.717) is 29.8 Å². The highest BCUT2D eigenvalue weighted by molar-refractivity contribution is 5.60. The molecule has 2 aromatic carbocycles. The number of nitrogens with zero attached hydrogens (tertiary/aromatic N) is 2. The van der Waals surface area contributed by atoms with Gasteiger partial charge in [0.2, 0.25) is 11.7 Å². The maximum absolute atomic E-state index is 5.34. The summed E-state index contributed by atoms with van der Waals surface area (Å²) >= 11 is 0. The summed E-state index contributed by atoms with van der Waals surface area (Å²) in [7, 11) is 3.19. The monoisotopic (exact) mass is 339 g/mol. The highest BCUT2D eigenvalue weighted by Crippen LogP contribution is 2.31. The maximum Gasteiger partial charge on any atom is 0.246 e. The van der Waals surface area contributed by atoms with Crippen molar-refractivity contribution in [1.82, 2.24) is 10.1 Å². The molecule has 0 unspecified atom stereocenters. The molecule has 1 heterocycles. The van der Waals surface area contributed by atoms with Gasteiger partial charge >= 0.3 is 0 Å². The van der Waals surface area contributed by atoms with Gasteiger partial charge in [0.1, 0.15) is 0 Å². The minimum Gasteiger partial charge on any atom is -0.493 e. The van der Waals surface area contributed by atoms with E-state index in [-0.39, 0.29) is 0 Å². The number of aryl methyl sites for hydroxylation is 2. The zero-order chi connectivity index (χ0) is 17.8. The lowest BCUT2D eigenvalue weighted by Crippen LogP contribution is -2.00. The zero-order valence-electron chi connectivity index (χ0n) is 14.8. The molecule has 130 valence electrons. The van der Waals surface area contributed by atoms with E-state index in [1.54, 1.807) is 14.2 Å². The molecule has 6 heteroatoms. The van der Waals surface area contributed by atoms with Crippen LogP contribution in [0.5, 0.6) is 11.5 Å². The molecule has 0 amide bonds. The van der Waals surface area contributed by atoms with Crippen LogP contribution >= 0.6 is 0 Å². The molecular formula is C19H21N3O3. The van der Waals surface area contributed by atoms with Gasteiger partial charge in [0.15, 0.2) is 11.5 Å². The van der Waals surface area contributed by atoms with Crippen molar-refractivity contribution in [2.75, 3.05) is 19.5 Å². The van der Waals surface area contributed by atoms with Crippen LogP contribution in [0.15, 0.2) is 40.9 Å². The number of benzene rings is 2. The molecule has 0 saturated carbocycles. The minimum atomic E-state index is 0.461. The Hall–Kier alpha value is -3.02. The number of aromatic nitrogens is 2. The van der Waals surface area contributed by atoms with E-state index < -0.39 is 0 Å². The number of ether oxygens (including phenoxy) is 2. The van der Waals surface area contributed by atoms with Crippen molar-refractivity contribution in [3.63, 3.8) is 0 Å². The van der Waals surface area contributed by atoms with E-state index in [1.807, 2.05) is 18.2 Å². The van der Waals surface area contributed by atoms with Gasteiger partial charge in [-0.25, -0.2) is 0 Å². The molecule has 1 aromatic heterocycles. The Morgan fingerprint density at radius 2 is 1.68 bits per heavy atom. The summed E-state index contributed by atoms with van der Waals surface area (Å²) in [4.78, 5) is 4.43. The fourth-order valence-corrected chi connectivity index (χ4v) is 2.67. The first kappa shape index (κ1) is 16.8. The van der Waals surface area contributed by atoms with Crippen LogP contribution in [-0.4, -0.2) is 24.4 Å². The third kappa shape index (κ3) is 3.91. The Morgan fingerprint density at radius 1 is 0.960 bits per heavy atom. The van der Waals surface area contributed by atoms with E-state index in [0.717, 1.165) is 11.3 Å². The number of methoxy groups -OCH3 is 2. The van der Waals surface area contributed by atoms with Crippen LogP contribution < -0.4 is 14.8 Å². The molecule has 0 saturated heterocycles. The van der Waals surface area contributed by atoms with Gasteiger partial charge in [-0.3, -0.25) is 0 Å². The summed E-state index contributed by atoms with van der Waals surface area (Å²) in [5.41, 5.74) is 4.25. The lowest BCUT2D eigenvalue weighted by molar-refractivity contribution is 0.355. The third-order valence-corrected chi connectivity index (χ3v) is 3.78. The fraction of sp³-hybridized carbons (Fsp3) is 0.263. The number of rotatable bonds is 6. The van der Waals surface area contributed by atoms with Crippen LogP contribution in [0.2, 0.25) is 0 Å². The van der Waals surface area contributed by atoms with E-state index >= 15 is 0 Å². The quantitative estimate of drug-likeness (QED) is 0.732. The summed E-state index contributed by atoms with van der Waals surface area (Å²) < 4.78 is 15.9. The Labute approximate surface area is 146 Å². The van der Waals surface area contributed by atoms with E-state index in [9.17, 15) is 0 Å². The summed E-state index contributed by atoms with van der Waals surface area (Å²) in [5, 5.41) is 7.35. The molecular weight excluding hydrogens is 318 g/mol. The zero-order valence-corrected chi connectivity index (χ0v) is 14.8. The summed E-state index contributed by atoms with van der Waals surface area (Å²) in [6.07, 6.45) is 0. The summed E-state index contributed by atoms with van der Waals surface area (Å²) in [6, 6.07) is 11.8. The standard InChI is InChI=1S/C19H21N3O3/c1-12-7-13(2)9-15(8-12)20-11-18-21-19(22-25-18)14-5-6-16(23-3)17(10-14)24-4/h5-10,20H,11H2,1-4H3. The lowest BCUT2D eigenvalue weighted by atomic mass is 10.1. The predicted octanol–water partition coefficient (Wildman–Crippen LogP) is 3.98. The first-order valence-corrected chi connectivity index (χ1v) is 7.96. The average Bonchev–Trinajstić information content (AvgIpc) is 3.07. The molecule has 0 radical (unpaired) electrons. The molecule has 6 nitrogen and oxygen atoms in total. The maximum atomic E-state index is 5.34. The van der Waals surface area contributed by atoms with Crippen molar-refractivity contribution in [2.45, 2.75) is 20.4 Å². The third-order valence-electron chi connectivity index (χ3n) is 3.78. The molecule has 3 aromatic rings. The highest BCUT2D eigenvalue weighted by atomic mass is 16.5. The molecule has 25 heavy (non-hydrogen) atoms. The van der Waals surface area contributed by atoms with Crippen molar-refractivity contribution in [1.29, 1.82) is 0 Å². The number of hydrogen-bond acceptors (Lipinski definition) is 6. The second kappa shape index (κ2) is 7.25. The molecule has 0 atom stereocenters. The molecule has 3 rings (SSSR count). The van der Waals surface area contributed by atoms with Gasteiger partial charge in [-0.05, 0) is 55.3 Å². The van der Waals surface area contributed by atoms with Gasteiger partial charge < -0.3 is 19.3 Å². The molecule has 0 aliphatic heterocycles. The van der Waals surface area contributed by atoms with Crippen molar-refractivity contribution in [2.24, 2.45) is 0 Å². The molecule has 0 aliphatic carbocycles. The Morgan fingerprint density at radius 3 is 2.36 bits per heavy atom. The van der Waals surface area contributed by atoms with E-state index in [2.05, 4.69) is 47.5 Å². The lowest BCUT2D eigenvalue weighted by Gasteiger charge is -2.07. The van der Waals surface area contributed by atoms with Crippen LogP contribution in [0, 0.1) is 13.8 Å². The Balaban J connectivity index is 1.74. The van der Waals surface area contributed by atoms with Crippen LogP contribution in [0.3, 0.4) is 0 Å². The largest absolute Gasteiger partial charge is 0.493 e.